The summed E-state index contributed by atoms with van der Waals surface area (Å²) >= 11 is 0. The lowest BCUT2D eigenvalue weighted by Crippen LogP contribution is -2.14. The third-order valence-corrected chi connectivity index (χ3v) is 3.85. The van der Waals surface area contributed by atoms with Crippen LogP contribution in [-0.2, 0) is 6.42 Å². The molecule has 0 unspecified atom stereocenters. The van der Waals surface area contributed by atoms with Crippen molar-refractivity contribution in [2.24, 2.45) is 0 Å². The van der Waals surface area contributed by atoms with Crippen molar-refractivity contribution in [3.05, 3.63) is 89.5 Å². The third-order valence-electron chi connectivity index (χ3n) is 3.85. The molecule has 0 saturated heterocycles. The second-order valence-electron chi connectivity index (χ2n) is 5.78. The van der Waals surface area contributed by atoms with Crippen molar-refractivity contribution < 1.29 is 18.0 Å². The molecule has 0 atom stereocenters. The van der Waals surface area contributed by atoms with Gasteiger partial charge >= 0.3 is 0 Å². The summed E-state index contributed by atoms with van der Waals surface area (Å²) in [4.78, 5) is 16.1. The van der Waals surface area contributed by atoms with E-state index in [0.29, 0.717) is 24.2 Å². The van der Waals surface area contributed by atoms with Gasteiger partial charge in [0.15, 0.2) is 11.6 Å². The minimum Gasteiger partial charge on any atom is -0.383 e. The van der Waals surface area contributed by atoms with Gasteiger partial charge in [-0.2, -0.15) is 0 Å². The van der Waals surface area contributed by atoms with E-state index in [1.807, 2.05) is 0 Å². The van der Waals surface area contributed by atoms with E-state index in [-0.39, 0.29) is 17.2 Å². The summed E-state index contributed by atoms with van der Waals surface area (Å²) < 4.78 is 39.6. The Balaban J connectivity index is 1.55. The number of hydrogen-bond donors (Lipinski definition) is 2. The van der Waals surface area contributed by atoms with Gasteiger partial charge in [-0.15, -0.1) is 0 Å². The second kappa shape index (κ2) is 8.35. The maximum absolute atomic E-state index is 13.6. The Hall–Kier alpha value is -3.35. The van der Waals surface area contributed by atoms with E-state index in [9.17, 15) is 18.0 Å². The van der Waals surface area contributed by atoms with Crippen LogP contribution in [0.25, 0.3) is 0 Å². The molecule has 0 aliphatic rings. The number of rotatable bonds is 6. The number of nitrogens with one attached hydrogen (secondary N) is 2. The first-order valence-corrected chi connectivity index (χ1v) is 8.22. The van der Waals surface area contributed by atoms with Crippen molar-refractivity contribution in [1.29, 1.82) is 0 Å². The van der Waals surface area contributed by atoms with Gasteiger partial charge in [-0.1, -0.05) is 18.2 Å². The molecule has 0 radical (unpaired) electrons. The molecule has 1 heterocycles. The van der Waals surface area contributed by atoms with Gasteiger partial charge in [0.25, 0.3) is 5.91 Å². The zero-order chi connectivity index (χ0) is 19.2. The number of hydrogen-bond acceptors (Lipinski definition) is 3. The quantitative estimate of drug-likeness (QED) is 0.675. The summed E-state index contributed by atoms with van der Waals surface area (Å²) in [5.74, 6) is -2.83. The Morgan fingerprint density at radius 3 is 2.37 bits per heavy atom. The summed E-state index contributed by atoms with van der Waals surface area (Å²) in [5.41, 5.74) is 1.54. The van der Waals surface area contributed by atoms with E-state index in [2.05, 4.69) is 15.6 Å². The van der Waals surface area contributed by atoms with Crippen LogP contribution in [0.2, 0.25) is 0 Å². The Morgan fingerprint density at radius 2 is 1.67 bits per heavy atom. The molecule has 0 spiro atoms. The molecule has 0 saturated carbocycles. The van der Waals surface area contributed by atoms with Crippen LogP contribution in [0, 0.1) is 17.5 Å². The van der Waals surface area contributed by atoms with Crippen LogP contribution >= 0.6 is 0 Å². The number of carbonyl (C=O) groups excluding carboxylic acids is 1. The molecule has 3 aromatic rings. The van der Waals surface area contributed by atoms with Gasteiger partial charge in [0.2, 0.25) is 0 Å². The van der Waals surface area contributed by atoms with Crippen LogP contribution < -0.4 is 10.6 Å². The molecule has 2 aromatic carbocycles. The highest BCUT2D eigenvalue weighted by Gasteiger charge is 2.10. The molecule has 1 amide bonds. The number of pyridine rings is 1. The predicted molar refractivity (Wildman–Crippen MR) is 97.1 cm³/mol. The van der Waals surface area contributed by atoms with Crippen LogP contribution in [0.5, 0.6) is 0 Å². The molecular formula is C20H16F3N3O. The summed E-state index contributed by atoms with van der Waals surface area (Å²) in [6, 6.07) is 12.8. The number of benzene rings is 2. The fourth-order valence-electron chi connectivity index (χ4n) is 2.44. The van der Waals surface area contributed by atoms with Crippen molar-refractivity contribution in [2.45, 2.75) is 6.42 Å². The number of aromatic nitrogens is 1. The fourth-order valence-corrected chi connectivity index (χ4v) is 2.44. The van der Waals surface area contributed by atoms with E-state index in [0.717, 1.165) is 12.1 Å². The lowest BCUT2D eigenvalue weighted by molar-refractivity contribution is 0.102. The molecule has 27 heavy (non-hydrogen) atoms. The van der Waals surface area contributed by atoms with Crippen molar-refractivity contribution in [3.63, 3.8) is 0 Å². The maximum Gasteiger partial charge on any atom is 0.274 e. The molecule has 0 bridgehead atoms. The normalized spacial score (nSPS) is 10.5. The van der Waals surface area contributed by atoms with Gasteiger partial charge in [-0.25, -0.2) is 18.2 Å². The monoisotopic (exact) mass is 371 g/mol. The van der Waals surface area contributed by atoms with Gasteiger partial charge in [0.1, 0.15) is 11.5 Å². The molecule has 1 aromatic heterocycles. The summed E-state index contributed by atoms with van der Waals surface area (Å²) in [6.45, 7) is 0.503. The van der Waals surface area contributed by atoms with Gasteiger partial charge < -0.3 is 10.6 Å². The zero-order valence-electron chi connectivity index (χ0n) is 14.2. The standard InChI is InChI=1S/C20H16F3N3O/c21-16-4-2-1-3-13(16)9-10-24-15-6-8-19(25-12-15)20(27)26-14-5-7-17(22)18(23)11-14/h1-8,11-12,24H,9-10H2,(H,26,27). The van der Waals surface area contributed by atoms with Crippen LogP contribution in [0.4, 0.5) is 24.5 Å². The molecule has 4 nitrogen and oxygen atoms in total. The summed E-state index contributed by atoms with van der Waals surface area (Å²) in [6.07, 6.45) is 1.98. The summed E-state index contributed by atoms with van der Waals surface area (Å²) in [7, 11) is 0. The van der Waals surface area contributed by atoms with Crippen molar-refractivity contribution >= 4 is 17.3 Å². The molecule has 7 heteroatoms. The van der Waals surface area contributed by atoms with Crippen LogP contribution in [0.1, 0.15) is 16.1 Å². The maximum atomic E-state index is 13.6. The van der Waals surface area contributed by atoms with Crippen molar-refractivity contribution in [3.8, 4) is 0 Å². The lowest BCUT2D eigenvalue weighted by atomic mass is 10.1. The van der Waals surface area contributed by atoms with Gasteiger partial charge in [-0.05, 0) is 42.3 Å². The van der Waals surface area contributed by atoms with Gasteiger partial charge in [0, 0.05) is 18.3 Å². The highest BCUT2D eigenvalue weighted by molar-refractivity contribution is 6.02. The number of halogens is 3. The Labute approximate surface area is 154 Å². The van der Waals surface area contributed by atoms with E-state index in [4.69, 9.17) is 0 Å². The number of anilines is 2. The van der Waals surface area contributed by atoms with Crippen molar-refractivity contribution in [2.75, 3.05) is 17.2 Å². The Morgan fingerprint density at radius 1 is 0.889 bits per heavy atom. The first-order valence-electron chi connectivity index (χ1n) is 8.22. The predicted octanol–water partition coefficient (Wildman–Crippen LogP) is 4.41. The van der Waals surface area contributed by atoms with E-state index < -0.39 is 17.5 Å². The van der Waals surface area contributed by atoms with E-state index in [1.54, 1.807) is 24.3 Å². The van der Waals surface area contributed by atoms with Crippen LogP contribution in [-0.4, -0.2) is 17.4 Å². The SMILES string of the molecule is O=C(Nc1ccc(F)c(F)c1)c1ccc(NCCc2ccccc2F)cn1. The minimum atomic E-state index is -1.05. The zero-order valence-corrected chi connectivity index (χ0v) is 14.2. The van der Waals surface area contributed by atoms with Crippen molar-refractivity contribution in [1.82, 2.24) is 4.98 Å². The van der Waals surface area contributed by atoms with E-state index >= 15 is 0 Å². The fraction of sp³-hybridized carbons (Fsp3) is 0.100. The second-order valence-corrected chi connectivity index (χ2v) is 5.78. The molecule has 0 aliphatic carbocycles. The summed E-state index contributed by atoms with van der Waals surface area (Å²) in [5, 5.41) is 5.54. The number of carbonyl (C=O) groups is 1. The topological polar surface area (TPSA) is 54.0 Å². The smallest absolute Gasteiger partial charge is 0.274 e. The molecule has 138 valence electrons. The van der Waals surface area contributed by atoms with Gasteiger partial charge in [0.05, 0.1) is 11.9 Å². The minimum absolute atomic E-state index is 0.124. The van der Waals surface area contributed by atoms with E-state index in [1.165, 1.54) is 24.4 Å². The largest absolute Gasteiger partial charge is 0.383 e. The third kappa shape index (κ3) is 4.84. The first-order chi connectivity index (χ1) is 13.0. The molecule has 0 aliphatic heterocycles. The van der Waals surface area contributed by atoms with Crippen LogP contribution in [0.15, 0.2) is 60.8 Å². The molecule has 0 fully saturated rings. The highest BCUT2D eigenvalue weighted by Crippen LogP contribution is 2.15. The average molecular weight is 371 g/mol. The Bertz CT molecular complexity index is 945. The van der Waals surface area contributed by atoms with Gasteiger partial charge in [-0.3, -0.25) is 4.79 Å². The Kier molecular flexibility index (Phi) is 5.71. The number of amides is 1. The number of nitrogens with zero attached hydrogens (tertiary/aromatic N) is 1. The highest BCUT2D eigenvalue weighted by atomic mass is 19.2. The van der Waals surface area contributed by atoms with Crippen LogP contribution in [0.3, 0.4) is 0 Å². The molecule has 2 N–H and O–H groups in total. The lowest BCUT2D eigenvalue weighted by Gasteiger charge is -2.08. The molecular weight excluding hydrogens is 355 g/mol. The molecule has 3 rings (SSSR count). The first kappa shape index (κ1) is 18.4. The average Bonchev–Trinajstić information content (AvgIpc) is 2.67.